The maximum absolute atomic E-state index is 3.55. The van der Waals surface area contributed by atoms with E-state index >= 15 is 0 Å². The Hall–Kier alpha value is -0.0800. The Kier molecular flexibility index (Phi) is 7.94. The smallest absolute Gasteiger partial charge is 0.00368 e. The number of hydrogen-bond acceptors (Lipinski definition) is 2. The van der Waals surface area contributed by atoms with Gasteiger partial charge in [-0.2, -0.15) is 0 Å². The van der Waals surface area contributed by atoms with Crippen LogP contribution in [-0.4, -0.2) is 26.2 Å². The van der Waals surface area contributed by atoms with Crippen molar-refractivity contribution in [1.82, 2.24) is 10.6 Å². The van der Waals surface area contributed by atoms with E-state index < -0.39 is 0 Å². The first-order chi connectivity index (χ1) is 7.43. The van der Waals surface area contributed by atoms with E-state index in [1.807, 2.05) is 0 Å². The Bertz CT molecular complexity index is 130. The molecule has 90 valence electrons. The van der Waals surface area contributed by atoms with Gasteiger partial charge in [0.15, 0.2) is 0 Å². The minimum Gasteiger partial charge on any atom is -0.317 e. The zero-order valence-corrected chi connectivity index (χ0v) is 10.4. The molecule has 1 aliphatic rings. The molecular weight excluding hydrogens is 184 g/mol. The maximum atomic E-state index is 3.55. The van der Waals surface area contributed by atoms with Gasteiger partial charge in [-0.05, 0) is 51.4 Å². The molecule has 2 N–H and O–H groups in total. The van der Waals surface area contributed by atoms with Crippen LogP contribution >= 0.6 is 0 Å². The fourth-order valence-corrected chi connectivity index (χ4v) is 2.37. The zero-order chi connectivity index (χ0) is 10.8. The number of nitrogens with one attached hydrogen (secondary N) is 2. The van der Waals surface area contributed by atoms with Gasteiger partial charge in [-0.3, -0.25) is 0 Å². The maximum Gasteiger partial charge on any atom is -0.00368 e. The molecule has 0 unspecified atom stereocenters. The summed E-state index contributed by atoms with van der Waals surface area (Å²) >= 11 is 0. The first-order valence-corrected chi connectivity index (χ1v) is 6.85. The highest BCUT2D eigenvalue weighted by atomic mass is 14.9. The van der Waals surface area contributed by atoms with Crippen LogP contribution in [0.3, 0.4) is 0 Å². The molecule has 0 saturated heterocycles. The summed E-state index contributed by atoms with van der Waals surface area (Å²) in [6.45, 7) is 6.97. The molecule has 0 aromatic rings. The lowest BCUT2D eigenvalue weighted by Gasteiger charge is -2.09. The average molecular weight is 212 g/mol. The van der Waals surface area contributed by atoms with Crippen molar-refractivity contribution in [1.29, 1.82) is 0 Å². The van der Waals surface area contributed by atoms with E-state index in [0.29, 0.717) is 0 Å². The Morgan fingerprint density at radius 3 is 2.27 bits per heavy atom. The quantitative estimate of drug-likeness (QED) is 0.574. The van der Waals surface area contributed by atoms with Gasteiger partial charge in [-0.1, -0.05) is 32.6 Å². The summed E-state index contributed by atoms with van der Waals surface area (Å²) in [4.78, 5) is 0. The fraction of sp³-hybridized carbons (Fsp3) is 1.00. The van der Waals surface area contributed by atoms with Gasteiger partial charge in [0.05, 0.1) is 0 Å². The summed E-state index contributed by atoms with van der Waals surface area (Å²) in [5, 5.41) is 6.98. The SMILES string of the molecule is CCCNCCCNCCC1CCCC1. The summed E-state index contributed by atoms with van der Waals surface area (Å²) in [6, 6.07) is 0. The van der Waals surface area contributed by atoms with Gasteiger partial charge >= 0.3 is 0 Å². The molecule has 0 amide bonds. The molecule has 0 aromatic carbocycles. The lowest BCUT2D eigenvalue weighted by atomic mass is 10.0. The van der Waals surface area contributed by atoms with E-state index in [1.54, 1.807) is 0 Å². The van der Waals surface area contributed by atoms with Crippen molar-refractivity contribution >= 4 is 0 Å². The second-order valence-electron chi connectivity index (χ2n) is 4.79. The Balaban J connectivity index is 1.73. The monoisotopic (exact) mass is 212 g/mol. The summed E-state index contributed by atoms with van der Waals surface area (Å²) in [7, 11) is 0. The molecule has 0 aromatic heterocycles. The molecule has 0 aliphatic heterocycles. The molecular formula is C13H28N2. The normalized spacial score (nSPS) is 17.4. The van der Waals surface area contributed by atoms with Crippen LogP contribution in [0.5, 0.6) is 0 Å². The van der Waals surface area contributed by atoms with Crippen LogP contribution in [0.2, 0.25) is 0 Å². The molecule has 2 heteroatoms. The molecule has 1 saturated carbocycles. The van der Waals surface area contributed by atoms with Gasteiger partial charge in [-0.25, -0.2) is 0 Å². The molecule has 1 fully saturated rings. The summed E-state index contributed by atoms with van der Waals surface area (Å²) in [5.41, 5.74) is 0. The van der Waals surface area contributed by atoms with Crippen molar-refractivity contribution in [3.05, 3.63) is 0 Å². The molecule has 0 bridgehead atoms. The molecule has 0 spiro atoms. The van der Waals surface area contributed by atoms with Gasteiger partial charge in [0, 0.05) is 0 Å². The first-order valence-electron chi connectivity index (χ1n) is 6.85. The van der Waals surface area contributed by atoms with Crippen LogP contribution in [0, 0.1) is 5.92 Å². The third-order valence-corrected chi connectivity index (χ3v) is 3.34. The zero-order valence-electron chi connectivity index (χ0n) is 10.4. The van der Waals surface area contributed by atoms with Crippen LogP contribution in [0.1, 0.15) is 51.9 Å². The average Bonchev–Trinajstić information content (AvgIpc) is 2.75. The summed E-state index contributed by atoms with van der Waals surface area (Å²) in [5.74, 6) is 1.04. The third kappa shape index (κ3) is 6.91. The lowest BCUT2D eigenvalue weighted by Crippen LogP contribution is -2.23. The highest BCUT2D eigenvalue weighted by molar-refractivity contribution is 4.68. The topological polar surface area (TPSA) is 24.1 Å². The molecule has 15 heavy (non-hydrogen) atoms. The van der Waals surface area contributed by atoms with Crippen molar-refractivity contribution in [2.45, 2.75) is 51.9 Å². The Labute approximate surface area is 95.2 Å². The molecule has 1 aliphatic carbocycles. The van der Waals surface area contributed by atoms with Crippen molar-refractivity contribution in [3.63, 3.8) is 0 Å². The van der Waals surface area contributed by atoms with E-state index in [-0.39, 0.29) is 0 Å². The van der Waals surface area contributed by atoms with E-state index in [9.17, 15) is 0 Å². The first kappa shape index (κ1) is 13.0. The van der Waals surface area contributed by atoms with Gasteiger partial charge in [-0.15, -0.1) is 0 Å². The van der Waals surface area contributed by atoms with Crippen molar-refractivity contribution in [3.8, 4) is 0 Å². The van der Waals surface area contributed by atoms with Crippen molar-refractivity contribution < 1.29 is 0 Å². The summed E-state index contributed by atoms with van der Waals surface area (Å²) in [6.07, 6.45) is 9.85. The minimum absolute atomic E-state index is 1.04. The van der Waals surface area contributed by atoms with Crippen LogP contribution in [0.15, 0.2) is 0 Å². The van der Waals surface area contributed by atoms with E-state index in [2.05, 4.69) is 17.6 Å². The van der Waals surface area contributed by atoms with Crippen LogP contribution in [0.4, 0.5) is 0 Å². The molecule has 2 nitrogen and oxygen atoms in total. The van der Waals surface area contributed by atoms with Gasteiger partial charge < -0.3 is 10.6 Å². The number of hydrogen-bond donors (Lipinski definition) is 2. The van der Waals surface area contributed by atoms with E-state index in [0.717, 1.165) is 5.92 Å². The highest BCUT2D eigenvalue weighted by Crippen LogP contribution is 2.26. The van der Waals surface area contributed by atoms with Crippen molar-refractivity contribution in [2.75, 3.05) is 26.2 Å². The predicted molar refractivity (Wildman–Crippen MR) is 67.2 cm³/mol. The van der Waals surface area contributed by atoms with Crippen LogP contribution < -0.4 is 10.6 Å². The summed E-state index contributed by atoms with van der Waals surface area (Å²) < 4.78 is 0. The molecule has 0 radical (unpaired) electrons. The Morgan fingerprint density at radius 1 is 0.933 bits per heavy atom. The highest BCUT2D eigenvalue weighted by Gasteiger charge is 2.13. The van der Waals surface area contributed by atoms with Gasteiger partial charge in [0.25, 0.3) is 0 Å². The standard InChI is InChI=1S/C13H28N2/c1-2-9-14-10-5-11-15-12-8-13-6-3-4-7-13/h13-15H,2-12H2,1H3. The van der Waals surface area contributed by atoms with Crippen LogP contribution in [-0.2, 0) is 0 Å². The van der Waals surface area contributed by atoms with E-state index in [1.165, 1.54) is 71.1 Å². The van der Waals surface area contributed by atoms with Gasteiger partial charge in [0.1, 0.15) is 0 Å². The minimum atomic E-state index is 1.04. The van der Waals surface area contributed by atoms with Crippen molar-refractivity contribution in [2.24, 2.45) is 5.92 Å². The second-order valence-corrected chi connectivity index (χ2v) is 4.79. The van der Waals surface area contributed by atoms with Gasteiger partial charge in [0.2, 0.25) is 0 Å². The number of rotatable bonds is 9. The molecule has 0 atom stereocenters. The van der Waals surface area contributed by atoms with E-state index in [4.69, 9.17) is 0 Å². The van der Waals surface area contributed by atoms with Crippen LogP contribution in [0.25, 0.3) is 0 Å². The third-order valence-electron chi connectivity index (χ3n) is 3.34. The largest absolute Gasteiger partial charge is 0.317 e. The Morgan fingerprint density at radius 2 is 1.60 bits per heavy atom. The second kappa shape index (κ2) is 9.17. The molecule has 1 rings (SSSR count). The fourth-order valence-electron chi connectivity index (χ4n) is 2.37. The molecule has 0 heterocycles. The lowest BCUT2D eigenvalue weighted by molar-refractivity contribution is 0.473. The predicted octanol–water partition coefficient (Wildman–Crippen LogP) is 2.55.